The Kier molecular flexibility index (Phi) is 8.09. The standard InChI is InChI=1S/C22H34N4O2.ClH/c1-22(2,3)16-24(4)20(27)17-6-5-7-18(14-17)21(28)26-11-8-19(15-26)25-12-9-23-10-13-25;/h5-7,14,19,23H,8-13,15-16H2,1-4H3;1H. The molecule has 2 amide bonds. The van der Waals surface area contributed by atoms with Gasteiger partial charge in [-0.1, -0.05) is 26.8 Å². The van der Waals surface area contributed by atoms with Gasteiger partial charge in [0.2, 0.25) is 0 Å². The third kappa shape index (κ3) is 6.17. The number of carbonyl (C=O) groups excluding carboxylic acids is 2. The molecule has 0 spiro atoms. The number of nitrogens with one attached hydrogen (secondary N) is 1. The Labute approximate surface area is 181 Å². The lowest BCUT2D eigenvalue weighted by Gasteiger charge is -2.32. The molecular weight excluding hydrogens is 388 g/mol. The maximum Gasteiger partial charge on any atom is 0.253 e. The van der Waals surface area contributed by atoms with E-state index in [4.69, 9.17) is 0 Å². The predicted octanol–water partition coefficient (Wildman–Crippen LogP) is 2.35. The number of piperazine rings is 1. The number of carbonyl (C=O) groups is 2. The molecule has 0 saturated carbocycles. The van der Waals surface area contributed by atoms with E-state index in [0.717, 1.165) is 45.7 Å². The highest BCUT2D eigenvalue weighted by Gasteiger charge is 2.31. The Morgan fingerprint density at radius 2 is 1.79 bits per heavy atom. The number of halogens is 1. The lowest BCUT2D eigenvalue weighted by atomic mass is 9.96. The Balaban J connectivity index is 0.00000300. The van der Waals surface area contributed by atoms with Crippen molar-refractivity contribution in [2.45, 2.75) is 33.2 Å². The van der Waals surface area contributed by atoms with Crippen molar-refractivity contribution >= 4 is 24.2 Å². The number of likely N-dealkylation sites (tertiary alicyclic amines) is 1. The lowest BCUT2D eigenvalue weighted by molar-refractivity contribution is 0.0745. The Hall–Kier alpha value is -1.63. The summed E-state index contributed by atoms with van der Waals surface area (Å²) in [4.78, 5) is 32.0. The van der Waals surface area contributed by atoms with Crippen molar-refractivity contribution in [3.63, 3.8) is 0 Å². The van der Waals surface area contributed by atoms with Crippen LogP contribution in [0.5, 0.6) is 0 Å². The molecule has 1 aromatic carbocycles. The average molecular weight is 423 g/mol. The fraction of sp³-hybridized carbons (Fsp3) is 0.636. The predicted molar refractivity (Wildman–Crippen MR) is 119 cm³/mol. The Morgan fingerprint density at radius 1 is 1.14 bits per heavy atom. The summed E-state index contributed by atoms with van der Waals surface area (Å²) in [5.74, 6) is -0.00421. The molecule has 6 nitrogen and oxygen atoms in total. The van der Waals surface area contributed by atoms with Gasteiger partial charge >= 0.3 is 0 Å². The summed E-state index contributed by atoms with van der Waals surface area (Å²) in [5.41, 5.74) is 1.22. The van der Waals surface area contributed by atoms with Gasteiger partial charge in [0.15, 0.2) is 0 Å². The van der Waals surface area contributed by atoms with E-state index in [0.29, 0.717) is 23.7 Å². The number of hydrogen-bond acceptors (Lipinski definition) is 4. The van der Waals surface area contributed by atoms with Gasteiger partial charge in [0.25, 0.3) is 11.8 Å². The molecule has 1 aromatic rings. The molecule has 1 N–H and O–H groups in total. The second kappa shape index (κ2) is 9.92. The van der Waals surface area contributed by atoms with E-state index in [9.17, 15) is 9.59 Å². The van der Waals surface area contributed by atoms with Crippen molar-refractivity contribution < 1.29 is 9.59 Å². The van der Waals surface area contributed by atoms with Gasteiger partial charge in [-0.25, -0.2) is 0 Å². The molecule has 2 fully saturated rings. The first-order valence-electron chi connectivity index (χ1n) is 10.3. The zero-order valence-corrected chi connectivity index (χ0v) is 18.9. The minimum absolute atomic E-state index is 0. The van der Waals surface area contributed by atoms with Crippen LogP contribution in [0.25, 0.3) is 0 Å². The quantitative estimate of drug-likeness (QED) is 0.809. The first kappa shape index (κ1) is 23.6. The number of amides is 2. The lowest BCUT2D eigenvalue weighted by Crippen LogP contribution is -2.49. The van der Waals surface area contributed by atoms with Crippen LogP contribution >= 0.6 is 12.4 Å². The van der Waals surface area contributed by atoms with Gasteiger partial charge in [0.1, 0.15) is 0 Å². The third-order valence-electron chi connectivity index (χ3n) is 5.53. The van der Waals surface area contributed by atoms with E-state index in [1.807, 2.05) is 24.1 Å². The van der Waals surface area contributed by atoms with Crippen LogP contribution in [0.1, 0.15) is 47.9 Å². The fourth-order valence-corrected chi connectivity index (χ4v) is 4.24. The van der Waals surface area contributed by atoms with Gasteiger partial charge in [-0.2, -0.15) is 0 Å². The summed E-state index contributed by atoms with van der Waals surface area (Å²) in [6, 6.07) is 7.64. The van der Waals surface area contributed by atoms with E-state index in [1.165, 1.54) is 0 Å². The molecule has 2 aliphatic heterocycles. The first-order valence-corrected chi connectivity index (χ1v) is 10.3. The minimum Gasteiger partial charge on any atom is -0.341 e. The fourth-order valence-electron chi connectivity index (χ4n) is 4.24. The molecule has 0 aromatic heterocycles. The molecule has 2 saturated heterocycles. The van der Waals surface area contributed by atoms with Gasteiger partial charge in [0, 0.05) is 70.0 Å². The van der Waals surface area contributed by atoms with E-state index in [1.54, 1.807) is 17.0 Å². The van der Waals surface area contributed by atoms with Gasteiger partial charge in [0.05, 0.1) is 0 Å². The second-order valence-corrected chi connectivity index (χ2v) is 9.28. The van der Waals surface area contributed by atoms with Crippen LogP contribution in [0.3, 0.4) is 0 Å². The van der Waals surface area contributed by atoms with Crippen molar-refractivity contribution in [1.29, 1.82) is 0 Å². The molecule has 29 heavy (non-hydrogen) atoms. The van der Waals surface area contributed by atoms with E-state index in [-0.39, 0.29) is 29.6 Å². The van der Waals surface area contributed by atoms with Crippen LogP contribution in [-0.4, -0.2) is 85.4 Å². The van der Waals surface area contributed by atoms with Crippen LogP contribution < -0.4 is 5.32 Å². The average Bonchev–Trinajstić information content (AvgIpc) is 3.16. The summed E-state index contributed by atoms with van der Waals surface area (Å²) in [5, 5.41) is 3.38. The normalized spacial score (nSPS) is 20.3. The zero-order chi connectivity index (χ0) is 20.3. The van der Waals surface area contributed by atoms with E-state index < -0.39 is 0 Å². The highest BCUT2D eigenvalue weighted by Crippen LogP contribution is 2.20. The van der Waals surface area contributed by atoms with Crippen molar-refractivity contribution in [2.75, 3.05) is 52.9 Å². The smallest absolute Gasteiger partial charge is 0.253 e. The first-order chi connectivity index (χ1) is 13.2. The Morgan fingerprint density at radius 3 is 2.45 bits per heavy atom. The topological polar surface area (TPSA) is 55.9 Å². The van der Waals surface area contributed by atoms with Crippen molar-refractivity contribution in [3.8, 4) is 0 Å². The summed E-state index contributed by atoms with van der Waals surface area (Å²) >= 11 is 0. The number of rotatable bonds is 4. The largest absolute Gasteiger partial charge is 0.341 e. The monoisotopic (exact) mass is 422 g/mol. The van der Waals surface area contributed by atoms with Gasteiger partial charge in [-0.05, 0) is 30.0 Å². The number of benzene rings is 1. The van der Waals surface area contributed by atoms with Crippen LogP contribution in [0.15, 0.2) is 24.3 Å². The molecular formula is C22H35ClN4O2. The molecule has 0 radical (unpaired) electrons. The molecule has 3 rings (SSSR count). The molecule has 7 heteroatoms. The third-order valence-corrected chi connectivity index (χ3v) is 5.53. The van der Waals surface area contributed by atoms with Gasteiger partial charge in [-0.3, -0.25) is 14.5 Å². The molecule has 1 unspecified atom stereocenters. The van der Waals surface area contributed by atoms with Crippen LogP contribution in [0, 0.1) is 5.41 Å². The highest BCUT2D eigenvalue weighted by atomic mass is 35.5. The Bertz CT molecular complexity index is 713. The van der Waals surface area contributed by atoms with Crippen molar-refractivity contribution in [3.05, 3.63) is 35.4 Å². The van der Waals surface area contributed by atoms with Crippen molar-refractivity contribution in [1.82, 2.24) is 20.0 Å². The summed E-state index contributed by atoms with van der Waals surface area (Å²) in [6.45, 7) is 12.7. The summed E-state index contributed by atoms with van der Waals surface area (Å²) in [7, 11) is 1.82. The molecule has 162 valence electrons. The molecule has 0 aliphatic carbocycles. The van der Waals surface area contributed by atoms with Crippen LogP contribution in [-0.2, 0) is 0 Å². The second-order valence-electron chi connectivity index (χ2n) is 9.28. The van der Waals surface area contributed by atoms with E-state index >= 15 is 0 Å². The maximum atomic E-state index is 13.0. The number of hydrogen-bond donors (Lipinski definition) is 1. The SMILES string of the molecule is CN(CC(C)(C)C)C(=O)c1cccc(C(=O)N2CCC(N3CCNCC3)C2)c1.Cl. The molecule has 0 bridgehead atoms. The zero-order valence-electron chi connectivity index (χ0n) is 18.1. The molecule has 2 heterocycles. The van der Waals surface area contributed by atoms with Gasteiger partial charge < -0.3 is 15.1 Å². The van der Waals surface area contributed by atoms with E-state index in [2.05, 4.69) is 31.0 Å². The summed E-state index contributed by atoms with van der Waals surface area (Å²) in [6.07, 6.45) is 1.03. The number of nitrogens with zero attached hydrogens (tertiary/aromatic N) is 3. The van der Waals surface area contributed by atoms with Crippen LogP contribution in [0.4, 0.5) is 0 Å². The van der Waals surface area contributed by atoms with Gasteiger partial charge in [-0.15, -0.1) is 12.4 Å². The molecule has 1 atom stereocenters. The van der Waals surface area contributed by atoms with Crippen molar-refractivity contribution in [2.24, 2.45) is 5.41 Å². The minimum atomic E-state index is -0.0373. The summed E-state index contributed by atoms with van der Waals surface area (Å²) < 4.78 is 0. The highest BCUT2D eigenvalue weighted by molar-refractivity contribution is 5.99. The maximum absolute atomic E-state index is 13.0. The van der Waals surface area contributed by atoms with Crippen LogP contribution in [0.2, 0.25) is 0 Å². The molecule has 2 aliphatic rings.